The molecule has 2 rings (SSSR count). The summed E-state index contributed by atoms with van der Waals surface area (Å²) in [5.41, 5.74) is 0. The summed E-state index contributed by atoms with van der Waals surface area (Å²) in [6, 6.07) is 0.804. The average Bonchev–Trinajstić information content (AvgIpc) is 2.74. The summed E-state index contributed by atoms with van der Waals surface area (Å²) in [5.74, 6) is 0.818. The van der Waals surface area contributed by atoms with Gasteiger partial charge in [0.1, 0.15) is 0 Å². The number of likely N-dealkylation sites (tertiary alicyclic amines) is 1. The Morgan fingerprint density at radius 1 is 1.29 bits per heavy atom. The molecule has 0 spiro atoms. The Labute approximate surface area is 87.6 Å². The first kappa shape index (κ1) is 10.4. The fourth-order valence-corrected chi connectivity index (χ4v) is 3.00. The van der Waals surface area contributed by atoms with Crippen molar-refractivity contribution in [2.45, 2.75) is 45.1 Å². The van der Waals surface area contributed by atoms with E-state index in [9.17, 15) is 0 Å². The molecule has 0 N–H and O–H groups in total. The van der Waals surface area contributed by atoms with E-state index in [0.717, 1.165) is 25.2 Å². The van der Waals surface area contributed by atoms with Gasteiger partial charge in [-0.15, -0.1) is 0 Å². The summed E-state index contributed by atoms with van der Waals surface area (Å²) in [6.07, 6.45) is 6.84. The molecule has 0 aromatic rings. The van der Waals surface area contributed by atoms with Crippen LogP contribution in [0.25, 0.3) is 0 Å². The lowest BCUT2D eigenvalue weighted by molar-refractivity contribution is 0.0981. The van der Waals surface area contributed by atoms with Gasteiger partial charge in [-0.05, 0) is 44.7 Å². The van der Waals surface area contributed by atoms with Crippen molar-refractivity contribution in [3.8, 4) is 0 Å². The highest BCUT2D eigenvalue weighted by Gasteiger charge is 2.29. The maximum atomic E-state index is 5.50. The van der Waals surface area contributed by atoms with Gasteiger partial charge in [-0.2, -0.15) is 0 Å². The van der Waals surface area contributed by atoms with Crippen LogP contribution in [0.5, 0.6) is 0 Å². The van der Waals surface area contributed by atoms with Crippen LogP contribution in [-0.4, -0.2) is 37.2 Å². The SMILES string of the molecule is CCC(C1CCOC1)N1CCCCC1. The monoisotopic (exact) mass is 197 g/mol. The van der Waals surface area contributed by atoms with Crippen LogP contribution in [0, 0.1) is 5.92 Å². The molecule has 0 bridgehead atoms. The van der Waals surface area contributed by atoms with Gasteiger partial charge >= 0.3 is 0 Å². The molecule has 2 heteroatoms. The highest BCUT2D eigenvalue weighted by Crippen LogP contribution is 2.25. The number of piperidine rings is 1. The van der Waals surface area contributed by atoms with E-state index in [0.29, 0.717) is 0 Å². The summed E-state index contributed by atoms with van der Waals surface area (Å²) < 4.78 is 5.50. The summed E-state index contributed by atoms with van der Waals surface area (Å²) >= 11 is 0. The molecule has 0 aromatic heterocycles. The van der Waals surface area contributed by atoms with Gasteiger partial charge in [-0.1, -0.05) is 13.3 Å². The average molecular weight is 197 g/mol. The van der Waals surface area contributed by atoms with Crippen LogP contribution in [0.1, 0.15) is 39.0 Å². The topological polar surface area (TPSA) is 12.5 Å². The fourth-order valence-electron chi connectivity index (χ4n) is 3.00. The fraction of sp³-hybridized carbons (Fsp3) is 1.00. The lowest BCUT2D eigenvalue weighted by Crippen LogP contribution is -2.43. The number of hydrogen-bond donors (Lipinski definition) is 0. The van der Waals surface area contributed by atoms with Crippen LogP contribution < -0.4 is 0 Å². The van der Waals surface area contributed by atoms with Crippen molar-refractivity contribution in [3.63, 3.8) is 0 Å². The lowest BCUT2D eigenvalue weighted by atomic mass is 9.93. The third-order valence-corrected chi connectivity index (χ3v) is 3.79. The summed E-state index contributed by atoms with van der Waals surface area (Å²) in [6.45, 7) is 6.99. The van der Waals surface area contributed by atoms with Crippen LogP contribution in [0.2, 0.25) is 0 Å². The Bertz CT molecular complexity index is 160. The van der Waals surface area contributed by atoms with Crippen LogP contribution in [0.4, 0.5) is 0 Å². The van der Waals surface area contributed by atoms with E-state index in [1.54, 1.807) is 0 Å². The molecule has 0 aromatic carbocycles. The predicted octanol–water partition coefficient (Wildman–Crippen LogP) is 2.29. The van der Waals surface area contributed by atoms with Crippen molar-refractivity contribution in [1.82, 2.24) is 4.90 Å². The number of hydrogen-bond acceptors (Lipinski definition) is 2. The van der Waals surface area contributed by atoms with E-state index in [1.165, 1.54) is 45.2 Å². The normalized spacial score (nSPS) is 31.9. The van der Waals surface area contributed by atoms with E-state index < -0.39 is 0 Å². The van der Waals surface area contributed by atoms with Crippen LogP contribution in [-0.2, 0) is 4.74 Å². The van der Waals surface area contributed by atoms with Gasteiger partial charge in [0.2, 0.25) is 0 Å². The lowest BCUT2D eigenvalue weighted by Gasteiger charge is -2.37. The molecular formula is C12H23NO. The molecule has 0 amide bonds. The number of nitrogens with zero attached hydrogens (tertiary/aromatic N) is 1. The van der Waals surface area contributed by atoms with Crippen molar-refractivity contribution in [2.24, 2.45) is 5.92 Å². The first-order chi connectivity index (χ1) is 6.92. The minimum absolute atomic E-state index is 0.804. The Balaban J connectivity index is 1.89. The van der Waals surface area contributed by atoms with Gasteiger partial charge in [-0.25, -0.2) is 0 Å². The Hall–Kier alpha value is -0.0800. The molecule has 2 heterocycles. The van der Waals surface area contributed by atoms with Crippen LogP contribution in [0.3, 0.4) is 0 Å². The van der Waals surface area contributed by atoms with E-state index in [4.69, 9.17) is 4.74 Å². The molecule has 0 radical (unpaired) electrons. The molecule has 2 aliphatic rings. The van der Waals surface area contributed by atoms with Gasteiger partial charge in [0, 0.05) is 12.6 Å². The summed E-state index contributed by atoms with van der Waals surface area (Å²) in [5, 5.41) is 0. The molecule has 2 saturated heterocycles. The third-order valence-electron chi connectivity index (χ3n) is 3.79. The molecular weight excluding hydrogens is 174 g/mol. The van der Waals surface area contributed by atoms with Crippen molar-refractivity contribution in [2.75, 3.05) is 26.3 Å². The summed E-state index contributed by atoms with van der Waals surface area (Å²) in [7, 11) is 0. The second-order valence-corrected chi connectivity index (χ2v) is 4.70. The van der Waals surface area contributed by atoms with Crippen molar-refractivity contribution in [3.05, 3.63) is 0 Å². The van der Waals surface area contributed by atoms with Gasteiger partial charge in [0.25, 0.3) is 0 Å². The van der Waals surface area contributed by atoms with E-state index in [1.807, 2.05) is 0 Å². The van der Waals surface area contributed by atoms with E-state index >= 15 is 0 Å². The second kappa shape index (κ2) is 5.13. The second-order valence-electron chi connectivity index (χ2n) is 4.70. The van der Waals surface area contributed by atoms with E-state index in [2.05, 4.69) is 11.8 Å². The first-order valence-electron chi connectivity index (χ1n) is 6.23. The van der Waals surface area contributed by atoms with Gasteiger partial charge in [0.05, 0.1) is 6.61 Å². The zero-order chi connectivity index (χ0) is 9.80. The predicted molar refractivity (Wildman–Crippen MR) is 58.4 cm³/mol. The van der Waals surface area contributed by atoms with Crippen molar-refractivity contribution in [1.29, 1.82) is 0 Å². The van der Waals surface area contributed by atoms with Crippen LogP contribution >= 0.6 is 0 Å². The zero-order valence-electron chi connectivity index (χ0n) is 9.37. The van der Waals surface area contributed by atoms with Crippen molar-refractivity contribution >= 4 is 0 Å². The van der Waals surface area contributed by atoms with Gasteiger partial charge in [-0.3, -0.25) is 0 Å². The molecule has 0 aliphatic carbocycles. The van der Waals surface area contributed by atoms with E-state index in [-0.39, 0.29) is 0 Å². The van der Waals surface area contributed by atoms with Crippen LogP contribution in [0.15, 0.2) is 0 Å². The molecule has 2 unspecified atom stereocenters. The standard InChI is InChI=1S/C12H23NO/c1-2-12(11-6-9-14-10-11)13-7-4-3-5-8-13/h11-12H,2-10H2,1H3. The third kappa shape index (κ3) is 2.29. The molecule has 2 atom stereocenters. The highest BCUT2D eigenvalue weighted by molar-refractivity contribution is 4.82. The Kier molecular flexibility index (Phi) is 3.82. The smallest absolute Gasteiger partial charge is 0.0510 e. The molecule has 0 saturated carbocycles. The quantitative estimate of drug-likeness (QED) is 0.688. The van der Waals surface area contributed by atoms with Gasteiger partial charge < -0.3 is 9.64 Å². The zero-order valence-corrected chi connectivity index (χ0v) is 9.37. The molecule has 82 valence electrons. The minimum Gasteiger partial charge on any atom is -0.381 e. The molecule has 2 nitrogen and oxygen atoms in total. The summed E-state index contributed by atoms with van der Waals surface area (Å²) in [4.78, 5) is 2.71. The minimum atomic E-state index is 0.804. The van der Waals surface area contributed by atoms with Crippen molar-refractivity contribution < 1.29 is 4.74 Å². The maximum Gasteiger partial charge on any atom is 0.0510 e. The first-order valence-corrected chi connectivity index (χ1v) is 6.23. The number of ether oxygens (including phenoxy) is 1. The molecule has 14 heavy (non-hydrogen) atoms. The Morgan fingerprint density at radius 2 is 2.07 bits per heavy atom. The highest BCUT2D eigenvalue weighted by atomic mass is 16.5. The maximum absolute atomic E-state index is 5.50. The Morgan fingerprint density at radius 3 is 2.64 bits per heavy atom. The number of rotatable bonds is 3. The van der Waals surface area contributed by atoms with Gasteiger partial charge in [0.15, 0.2) is 0 Å². The molecule has 2 aliphatic heterocycles. The largest absolute Gasteiger partial charge is 0.381 e. The molecule has 2 fully saturated rings.